The summed E-state index contributed by atoms with van der Waals surface area (Å²) in [7, 11) is 0. The van der Waals surface area contributed by atoms with Crippen LogP contribution in [0.1, 0.15) is 77.0 Å². The fourth-order valence-electron chi connectivity index (χ4n) is 4.68. The van der Waals surface area contributed by atoms with E-state index in [1.807, 2.05) is 19.1 Å². The molecule has 0 unspecified atom stereocenters. The molecule has 1 aliphatic carbocycles. The number of likely N-dealkylation sites (tertiary alicyclic amines) is 1. The van der Waals surface area contributed by atoms with Crippen molar-refractivity contribution in [1.82, 2.24) is 15.2 Å². The summed E-state index contributed by atoms with van der Waals surface area (Å²) in [5.41, 5.74) is 2.81. The van der Waals surface area contributed by atoms with Crippen molar-refractivity contribution in [1.29, 1.82) is 0 Å². The first-order chi connectivity index (χ1) is 13.4. The molecule has 0 bridgehead atoms. The molecule has 2 aromatic heterocycles. The van der Waals surface area contributed by atoms with Gasteiger partial charge < -0.3 is 14.7 Å². The highest BCUT2D eigenvalue weighted by Crippen LogP contribution is 2.36. The van der Waals surface area contributed by atoms with Gasteiger partial charge in [0, 0.05) is 24.2 Å². The summed E-state index contributed by atoms with van der Waals surface area (Å²) in [4.78, 5) is 31.1. The molecule has 1 fully saturated rings. The van der Waals surface area contributed by atoms with E-state index in [0.717, 1.165) is 36.5 Å². The van der Waals surface area contributed by atoms with E-state index in [1.54, 1.807) is 6.26 Å². The van der Waals surface area contributed by atoms with E-state index >= 15 is 0 Å². The monoisotopic (exact) mass is 383 g/mol. The molecule has 2 aliphatic rings. The third-order valence-corrected chi connectivity index (χ3v) is 6.04. The summed E-state index contributed by atoms with van der Waals surface area (Å²) in [6, 6.07) is 3.89. The van der Waals surface area contributed by atoms with Gasteiger partial charge in [-0.3, -0.25) is 14.5 Å². The number of Topliss-reactive ketones (excluding diaryl/α,β-unsaturated/α-hetero) is 1. The first-order valence-electron chi connectivity index (χ1n) is 10.2. The second kappa shape index (κ2) is 7.24. The van der Waals surface area contributed by atoms with Crippen LogP contribution in [0.2, 0.25) is 0 Å². The van der Waals surface area contributed by atoms with E-state index in [0.29, 0.717) is 24.2 Å². The van der Waals surface area contributed by atoms with Crippen LogP contribution in [-0.2, 0) is 6.42 Å². The SMILES string of the molecule is Cc1c(C(=O)NC[C@@H](c2ccco2)N2CCCC2)[nH]c2c1C(=O)CC(C)(C)C2. The average molecular weight is 383 g/mol. The lowest BCUT2D eigenvalue weighted by atomic mass is 9.75. The normalized spacial score (nSPS) is 20.2. The minimum Gasteiger partial charge on any atom is -0.468 e. The number of aromatic nitrogens is 1. The Morgan fingerprint density at radius 1 is 1.32 bits per heavy atom. The smallest absolute Gasteiger partial charge is 0.268 e. The van der Waals surface area contributed by atoms with Gasteiger partial charge in [0.1, 0.15) is 11.5 Å². The van der Waals surface area contributed by atoms with Crippen molar-refractivity contribution in [3.05, 3.63) is 46.7 Å². The number of carbonyl (C=O) groups excluding carboxylic acids is 2. The number of amides is 1. The van der Waals surface area contributed by atoms with E-state index in [1.165, 1.54) is 12.8 Å². The summed E-state index contributed by atoms with van der Waals surface area (Å²) in [6.45, 7) is 8.56. The minimum atomic E-state index is -0.159. The van der Waals surface area contributed by atoms with Crippen molar-refractivity contribution in [2.45, 2.75) is 52.5 Å². The van der Waals surface area contributed by atoms with Gasteiger partial charge >= 0.3 is 0 Å². The second-order valence-corrected chi connectivity index (χ2v) is 8.90. The Balaban J connectivity index is 1.52. The van der Waals surface area contributed by atoms with E-state index in [4.69, 9.17) is 4.42 Å². The lowest BCUT2D eigenvalue weighted by molar-refractivity contribution is 0.0908. The zero-order chi connectivity index (χ0) is 19.9. The molecule has 4 rings (SSSR count). The Bertz CT molecular complexity index is 873. The molecular weight excluding hydrogens is 354 g/mol. The predicted octanol–water partition coefficient (Wildman–Crippen LogP) is 3.64. The molecule has 150 valence electrons. The molecule has 0 saturated carbocycles. The number of aromatic amines is 1. The van der Waals surface area contributed by atoms with Gasteiger partial charge in [-0.05, 0) is 62.4 Å². The van der Waals surface area contributed by atoms with Crippen molar-refractivity contribution < 1.29 is 14.0 Å². The van der Waals surface area contributed by atoms with Crippen molar-refractivity contribution in [2.24, 2.45) is 5.41 Å². The van der Waals surface area contributed by atoms with Crippen molar-refractivity contribution in [3.63, 3.8) is 0 Å². The number of hydrogen-bond donors (Lipinski definition) is 2. The van der Waals surface area contributed by atoms with Crippen LogP contribution >= 0.6 is 0 Å². The molecule has 6 heteroatoms. The average Bonchev–Trinajstić information content (AvgIpc) is 3.35. The summed E-state index contributed by atoms with van der Waals surface area (Å²) in [5.74, 6) is 0.847. The number of carbonyl (C=O) groups is 2. The molecule has 0 aromatic carbocycles. The number of nitrogens with one attached hydrogen (secondary N) is 2. The summed E-state index contributed by atoms with van der Waals surface area (Å²) in [6.07, 6.45) is 5.33. The van der Waals surface area contributed by atoms with Gasteiger partial charge in [-0.1, -0.05) is 13.8 Å². The van der Waals surface area contributed by atoms with E-state index in [9.17, 15) is 9.59 Å². The third-order valence-electron chi connectivity index (χ3n) is 6.04. The first kappa shape index (κ1) is 19.0. The molecule has 2 N–H and O–H groups in total. The molecule has 0 spiro atoms. The highest BCUT2D eigenvalue weighted by atomic mass is 16.3. The molecule has 0 radical (unpaired) electrons. The van der Waals surface area contributed by atoms with Crippen LogP contribution in [0.15, 0.2) is 22.8 Å². The number of fused-ring (bicyclic) bond motifs is 1. The molecule has 1 aliphatic heterocycles. The highest BCUT2D eigenvalue weighted by molar-refractivity contribution is 6.04. The fraction of sp³-hybridized carbons (Fsp3) is 0.545. The Hall–Kier alpha value is -2.34. The van der Waals surface area contributed by atoms with Crippen molar-refractivity contribution in [2.75, 3.05) is 19.6 Å². The van der Waals surface area contributed by atoms with Crippen LogP contribution in [-0.4, -0.2) is 41.2 Å². The largest absolute Gasteiger partial charge is 0.468 e. The van der Waals surface area contributed by atoms with Gasteiger partial charge in [0.25, 0.3) is 5.91 Å². The van der Waals surface area contributed by atoms with Gasteiger partial charge in [0.2, 0.25) is 0 Å². The number of hydrogen-bond acceptors (Lipinski definition) is 4. The van der Waals surface area contributed by atoms with Crippen molar-refractivity contribution >= 4 is 11.7 Å². The first-order valence-corrected chi connectivity index (χ1v) is 10.2. The summed E-state index contributed by atoms with van der Waals surface area (Å²) >= 11 is 0. The maximum Gasteiger partial charge on any atom is 0.268 e. The highest BCUT2D eigenvalue weighted by Gasteiger charge is 2.35. The second-order valence-electron chi connectivity index (χ2n) is 8.90. The Morgan fingerprint density at radius 3 is 2.75 bits per heavy atom. The number of ketones is 1. The molecule has 1 saturated heterocycles. The van der Waals surface area contributed by atoms with E-state index < -0.39 is 0 Å². The van der Waals surface area contributed by atoms with Crippen LogP contribution < -0.4 is 5.32 Å². The lowest BCUT2D eigenvalue weighted by Gasteiger charge is -2.28. The molecular formula is C22H29N3O3. The standard InChI is InChI=1S/C22H29N3O3/c1-14-19-15(11-22(2,3)12-17(19)26)24-20(14)21(27)23-13-16(18-7-6-10-28-18)25-8-4-5-9-25/h6-7,10,16,24H,4-5,8-9,11-13H2,1-3H3,(H,23,27)/t16-/m0/s1. The minimum absolute atomic E-state index is 0.0342. The maximum atomic E-state index is 12.9. The van der Waals surface area contributed by atoms with Crippen LogP contribution in [0, 0.1) is 12.3 Å². The number of H-pyrrole nitrogens is 1. The molecule has 1 amide bonds. The Morgan fingerprint density at radius 2 is 2.07 bits per heavy atom. The van der Waals surface area contributed by atoms with Crippen LogP contribution in [0.3, 0.4) is 0 Å². The van der Waals surface area contributed by atoms with Gasteiger partial charge in [0.05, 0.1) is 12.3 Å². The van der Waals surface area contributed by atoms with Gasteiger partial charge in [-0.2, -0.15) is 0 Å². The van der Waals surface area contributed by atoms with Crippen LogP contribution in [0.25, 0.3) is 0 Å². The quantitative estimate of drug-likeness (QED) is 0.826. The molecule has 1 atom stereocenters. The number of nitrogens with zero attached hydrogens (tertiary/aromatic N) is 1. The molecule has 6 nitrogen and oxygen atoms in total. The topological polar surface area (TPSA) is 78.3 Å². The van der Waals surface area contributed by atoms with Crippen molar-refractivity contribution in [3.8, 4) is 0 Å². The zero-order valence-corrected chi connectivity index (χ0v) is 16.9. The van der Waals surface area contributed by atoms with E-state index in [2.05, 4.69) is 29.0 Å². The van der Waals surface area contributed by atoms with Gasteiger partial charge in [-0.15, -0.1) is 0 Å². The Kier molecular flexibility index (Phi) is 4.91. The zero-order valence-electron chi connectivity index (χ0n) is 16.9. The lowest BCUT2D eigenvalue weighted by Crippen LogP contribution is -2.37. The summed E-state index contributed by atoms with van der Waals surface area (Å²) in [5, 5.41) is 3.07. The van der Waals surface area contributed by atoms with Crippen LogP contribution in [0.5, 0.6) is 0 Å². The molecule has 3 heterocycles. The molecule has 28 heavy (non-hydrogen) atoms. The fourth-order valence-corrected chi connectivity index (χ4v) is 4.68. The van der Waals surface area contributed by atoms with Gasteiger partial charge in [0.15, 0.2) is 5.78 Å². The predicted molar refractivity (Wildman–Crippen MR) is 107 cm³/mol. The van der Waals surface area contributed by atoms with Gasteiger partial charge in [-0.25, -0.2) is 0 Å². The van der Waals surface area contributed by atoms with E-state index in [-0.39, 0.29) is 23.1 Å². The van der Waals surface area contributed by atoms with Crippen LogP contribution in [0.4, 0.5) is 0 Å². The number of furan rings is 1. The molecule has 2 aromatic rings. The number of rotatable bonds is 5. The summed E-state index contributed by atoms with van der Waals surface area (Å²) < 4.78 is 5.63. The Labute approximate surface area is 165 Å². The maximum absolute atomic E-state index is 12.9. The third kappa shape index (κ3) is 3.53.